The Kier molecular flexibility index (Phi) is 6.03. The van der Waals surface area contributed by atoms with E-state index in [0.29, 0.717) is 5.75 Å². The summed E-state index contributed by atoms with van der Waals surface area (Å²) in [6.45, 7) is 3.69. The Hall–Kier alpha value is -2.04. The van der Waals surface area contributed by atoms with E-state index in [2.05, 4.69) is 4.74 Å². The first kappa shape index (κ1) is 16.0. The van der Waals surface area contributed by atoms with Gasteiger partial charge in [0.25, 0.3) is 0 Å². The first-order chi connectivity index (χ1) is 9.49. The van der Waals surface area contributed by atoms with Gasteiger partial charge in [-0.2, -0.15) is 0 Å². The fraction of sp³-hybridized carbons (Fsp3) is 0.467. The number of carbonyl (C=O) groups excluding carboxylic acids is 2. The number of ether oxygens (including phenoxy) is 2. The SMILES string of the molecule is COC(=O)CN(C(=O)Cc1ccccc1OC)C(C)C. The molecule has 0 aliphatic heterocycles. The van der Waals surface area contributed by atoms with E-state index >= 15 is 0 Å². The van der Waals surface area contributed by atoms with Crippen molar-refractivity contribution in [2.45, 2.75) is 26.3 Å². The van der Waals surface area contributed by atoms with Crippen molar-refractivity contribution < 1.29 is 19.1 Å². The van der Waals surface area contributed by atoms with Crippen molar-refractivity contribution in [1.82, 2.24) is 4.90 Å². The highest BCUT2D eigenvalue weighted by atomic mass is 16.5. The maximum Gasteiger partial charge on any atom is 0.325 e. The Morgan fingerprint density at radius 1 is 1.20 bits per heavy atom. The fourth-order valence-electron chi connectivity index (χ4n) is 1.88. The first-order valence-corrected chi connectivity index (χ1v) is 6.47. The molecular formula is C15H21NO4. The van der Waals surface area contributed by atoms with E-state index in [-0.39, 0.29) is 24.9 Å². The van der Waals surface area contributed by atoms with E-state index in [1.165, 1.54) is 12.0 Å². The monoisotopic (exact) mass is 279 g/mol. The molecule has 0 N–H and O–H groups in total. The molecule has 0 spiro atoms. The van der Waals surface area contributed by atoms with Crippen LogP contribution in [0.1, 0.15) is 19.4 Å². The summed E-state index contributed by atoms with van der Waals surface area (Å²) in [4.78, 5) is 25.2. The van der Waals surface area contributed by atoms with E-state index in [1.54, 1.807) is 7.11 Å². The summed E-state index contributed by atoms with van der Waals surface area (Å²) < 4.78 is 9.84. The quantitative estimate of drug-likeness (QED) is 0.743. The van der Waals surface area contributed by atoms with E-state index in [0.717, 1.165) is 5.56 Å². The number of hydrogen-bond donors (Lipinski definition) is 0. The molecule has 1 aromatic carbocycles. The lowest BCUT2D eigenvalue weighted by Gasteiger charge is -2.25. The molecule has 1 aromatic rings. The van der Waals surface area contributed by atoms with Crippen LogP contribution in [0.3, 0.4) is 0 Å². The summed E-state index contributed by atoms with van der Waals surface area (Å²) in [7, 11) is 2.88. The Balaban J connectivity index is 2.83. The van der Waals surface area contributed by atoms with Crippen molar-refractivity contribution >= 4 is 11.9 Å². The highest BCUT2D eigenvalue weighted by Gasteiger charge is 2.21. The molecule has 5 nitrogen and oxygen atoms in total. The molecule has 1 amide bonds. The number of hydrogen-bond acceptors (Lipinski definition) is 4. The maximum absolute atomic E-state index is 12.3. The van der Waals surface area contributed by atoms with Crippen molar-refractivity contribution in [3.05, 3.63) is 29.8 Å². The van der Waals surface area contributed by atoms with Gasteiger partial charge in [0.05, 0.1) is 20.6 Å². The van der Waals surface area contributed by atoms with E-state index < -0.39 is 5.97 Å². The minimum Gasteiger partial charge on any atom is -0.496 e. The van der Waals surface area contributed by atoms with Gasteiger partial charge in [-0.3, -0.25) is 9.59 Å². The Bertz CT molecular complexity index is 471. The molecular weight excluding hydrogens is 258 g/mol. The lowest BCUT2D eigenvalue weighted by Crippen LogP contribution is -2.41. The van der Waals surface area contributed by atoms with Crippen LogP contribution in [0.15, 0.2) is 24.3 Å². The summed E-state index contributed by atoms with van der Waals surface area (Å²) >= 11 is 0. The van der Waals surface area contributed by atoms with Gasteiger partial charge in [-0.15, -0.1) is 0 Å². The molecule has 0 aromatic heterocycles. The third kappa shape index (κ3) is 4.26. The average Bonchev–Trinajstić information content (AvgIpc) is 2.44. The Labute approximate surface area is 119 Å². The van der Waals surface area contributed by atoms with Crippen LogP contribution >= 0.6 is 0 Å². The van der Waals surface area contributed by atoms with Crippen molar-refractivity contribution in [2.24, 2.45) is 0 Å². The smallest absolute Gasteiger partial charge is 0.325 e. The van der Waals surface area contributed by atoms with E-state index in [1.807, 2.05) is 38.1 Å². The number of esters is 1. The van der Waals surface area contributed by atoms with Crippen LogP contribution in [0.4, 0.5) is 0 Å². The highest BCUT2D eigenvalue weighted by Crippen LogP contribution is 2.19. The summed E-state index contributed by atoms with van der Waals surface area (Å²) in [6.07, 6.45) is 0.194. The lowest BCUT2D eigenvalue weighted by molar-refractivity contribution is -0.148. The van der Waals surface area contributed by atoms with E-state index in [4.69, 9.17) is 4.74 Å². The van der Waals surface area contributed by atoms with Gasteiger partial charge in [0, 0.05) is 11.6 Å². The molecule has 0 radical (unpaired) electrons. The zero-order chi connectivity index (χ0) is 15.1. The molecule has 0 saturated carbocycles. The topological polar surface area (TPSA) is 55.8 Å². The van der Waals surface area contributed by atoms with Crippen LogP contribution in [0, 0.1) is 0 Å². The largest absolute Gasteiger partial charge is 0.496 e. The summed E-state index contributed by atoms with van der Waals surface area (Å²) in [5.74, 6) is 0.115. The van der Waals surface area contributed by atoms with Crippen molar-refractivity contribution in [3.63, 3.8) is 0 Å². The molecule has 0 unspecified atom stereocenters. The fourth-order valence-corrected chi connectivity index (χ4v) is 1.88. The number of para-hydroxylation sites is 1. The van der Waals surface area contributed by atoms with Crippen LogP contribution in [-0.2, 0) is 20.7 Å². The summed E-state index contributed by atoms with van der Waals surface area (Å²) in [5.41, 5.74) is 0.801. The molecule has 5 heteroatoms. The van der Waals surface area contributed by atoms with Crippen LogP contribution in [0.2, 0.25) is 0 Å². The van der Waals surface area contributed by atoms with Gasteiger partial charge in [0.15, 0.2) is 0 Å². The zero-order valence-corrected chi connectivity index (χ0v) is 12.4. The highest BCUT2D eigenvalue weighted by molar-refractivity contribution is 5.84. The number of methoxy groups -OCH3 is 2. The minimum atomic E-state index is -0.424. The van der Waals surface area contributed by atoms with Gasteiger partial charge in [-0.05, 0) is 19.9 Å². The van der Waals surface area contributed by atoms with Crippen molar-refractivity contribution in [3.8, 4) is 5.75 Å². The molecule has 0 aliphatic rings. The van der Waals surface area contributed by atoms with Crippen LogP contribution < -0.4 is 4.74 Å². The lowest BCUT2D eigenvalue weighted by atomic mass is 10.1. The van der Waals surface area contributed by atoms with Crippen molar-refractivity contribution in [2.75, 3.05) is 20.8 Å². The molecule has 0 aliphatic carbocycles. The molecule has 0 fully saturated rings. The second-order valence-electron chi connectivity index (χ2n) is 4.68. The standard InChI is InChI=1S/C15H21NO4/c1-11(2)16(10-15(18)20-4)14(17)9-12-7-5-6-8-13(12)19-3/h5-8,11H,9-10H2,1-4H3. The van der Waals surface area contributed by atoms with Crippen LogP contribution in [0.5, 0.6) is 5.75 Å². The zero-order valence-electron chi connectivity index (χ0n) is 12.4. The molecule has 1 rings (SSSR count). The first-order valence-electron chi connectivity index (χ1n) is 6.47. The number of amides is 1. The second-order valence-corrected chi connectivity index (χ2v) is 4.68. The minimum absolute atomic E-state index is 0.0395. The van der Waals surface area contributed by atoms with Gasteiger partial charge < -0.3 is 14.4 Å². The average molecular weight is 279 g/mol. The van der Waals surface area contributed by atoms with Crippen LogP contribution in [0.25, 0.3) is 0 Å². The molecule has 0 bridgehead atoms. The molecule has 0 heterocycles. The maximum atomic E-state index is 12.3. The summed E-state index contributed by atoms with van der Waals surface area (Å²) in [5, 5.41) is 0. The second kappa shape index (κ2) is 7.53. The molecule has 0 saturated heterocycles. The molecule has 20 heavy (non-hydrogen) atoms. The predicted molar refractivity (Wildman–Crippen MR) is 75.6 cm³/mol. The predicted octanol–water partition coefficient (Wildman–Crippen LogP) is 1.65. The van der Waals surface area contributed by atoms with Crippen molar-refractivity contribution in [1.29, 1.82) is 0 Å². The van der Waals surface area contributed by atoms with Gasteiger partial charge >= 0.3 is 5.97 Å². The molecule has 110 valence electrons. The number of nitrogens with zero attached hydrogens (tertiary/aromatic N) is 1. The van der Waals surface area contributed by atoms with Gasteiger partial charge in [-0.1, -0.05) is 18.2 Å². The van der Waals surface area contributed by atoms with Gasteiger partial charge in [0.2, 0.25) is 5.91 Å². The summed E-state index contributed by atoms with van der Waals surface area (Å²) in [6, 6.07) is 7.28. The van der Waals surface area contributed by atoms with E-state index in [9.17, 15) is 9.59 Å². The van der Waals surface area contributed by atoms with Crippen LogP contribution in [-0.4, -0.2) is 43.6 Å². The number of carbonyl (C=O) groups is 2. The van der Waals surface area contributed by atoms with Gasteiger partial charge in [0.1, 0.15) is 12.3 Å². The third-order valence-corrected chi connectivity index (χ3v) is 3.01. The number of rotatable bonds is 6. The molecule has 0 atom stereocenters. The Morgan fingerprint density at radius 3 is 2.40 bits per heavy atom. The normalized spacial score (nSPS) is 10.2. The van der Waals surface area contributed by atoms with Gasteiger partial charge in [-0.25, -0.2) is 0 Å². The number of benzene rings is 1. The third-order valence-electron chi connectivity index (χ3n) is 3.01. The Morgan fingerprint density at radius 2 is 1.85 bits per heavy atom.